The number of primary amides is 1. The quantitative estimate of drug-likeness (QED) is 0.718. The van der Waals surface area contributed by atoms with Crippen molar-refractivity contribution in [2.75, 3.05) is 0 Å². The van der Waals surface area contributed by atoms with Crippen molar-refractivity contribution in [3.8, 4) is 0 Å². The minimum Gasteiger partial charge on any atom is -0.480 e. The molecule has 3 N–H and O–H groups in total. The van der Waals surface area contributed by atoms with Gasteiger partial charge in [0, 0.05) is 0 Å². The summed E-state index contributed by atoms with van der Waals surface area (Å²) in [5, 5.41) is 9.21. The Labute approximate surface area is 96.2 Å². The van der Waals surface area contributed by atoms with Crippen molar-refractivity contribution in [3.05, 3.63) is 0 Å². The van der Waals surface area contributed by atoms with E-state index >= 15 is 0 Å². The number of amides is 1. The summed E-state index contributed by atoms with van der Waals surface area (Å²) in [5.74, 6) is -1.36. The van der Waals surface area contributed by atoms with Gasteiger partial charge in [-0.25, -0.2) is 0 Å². The van der Waals surface area contributed by atoms with E-state index in [0.717, 1.165) is 32.1 Å². The third-order valence-corrected chi connectivity index (χ3v) is 4.13. The third kappa shape index (κ3) is 2.20. The number of rotatable bonds is 4. The van der Waals surface area contributed by atoms with Gasteiger partial charge in [0.2, 0.25) is 5.91 Å². The van der Waals surface area contributed by atoms with Crippen LogP contribution in [0.15, 0.2) is 0 Å². The molecule has 92 valence electrons. The summed E-state index contributed by atoms with van der Waals surface area (Å²) >= 11 is 0. The van der Waals surface area contributed by atoms with Gasteiger partial charge in [-0.3, -0.25) is 9.59 Å². The van der Waals surface area contributed by atoms with Gasteiger partial charge in [-0.2, -0.15) is 0 Å². The van der Waals surface area contributed by atoms with Gasteiger partial charge in [-0.1, -0.05) is 26.2 Å². The molecule has 16 heavy (non-hydrogen) atoms. The standard InChI is InChI=1S/C12H21NO3/c1-3-8-5-4-6-9(7-8)12(2,10(13)14)11(15)16/h8-9H,3-7H2,1-2H3,(H2,13,14)(H,15,16). The second-order valence-electron chi connectivity index (χ2n) is 5.01. The number of nitrogens with two attached hydrogens (primary N) is 1. The minimum atomic E-state index is -1.39. The molecule has 1 aliphatic rings. The second kappa shape index (κ2) is 4.85. The van der Waals surface area contributed by atoms with E-state index in [1.54, 1.807) is 0 Å². The zero-order valence-corrected chi connectivity index (χ0v) is 10.0. The van der Waals surface area contributed by atoms with E-state index in [9.17, 15) is 14.7 Å². The van der Waals surface area contributed by atoms with Crippen LogP contribution in [-0.4, -0.2) is 17.0 Å². The van der Waals surface area contributed by atoms with Crippen molar-refractivity contribution in [2.45, 2.75) is 46.0 Å². The van der Waals surface area contributed by atoms with Crippen LogP contribution < -0.4 is 5.73 Å². The highest BCUT2D eigenvalue weighted by Crippen LogP contribution is 2.41. The maximum atomic E-state index is 11.4. The Kier molecular flexibility index (Phi) is 3.94. The van der Waals surface area contributed by atoms with Gasteiger partial charge in [-0.05, 0) is 31.6 Å². The number of hydrogen-bond acceptors (Lipinski definition) is 2. The summed E-state index contributed by atoms with van der Waals surface area (Å²) in [6.45, 7) is 3.58. The van der Waals surface area contributed by atoms with Crippen LogP contribution in [-0.2, 0) is 9.59 Å². The zero-order valence-electron chi connectivity index (χ0n) is 10.0. The summed E-state index contributed by atoms with van der Waals surface area (Å²) in [4.78, 5) is 22.7. The first-order valence-corrected chi connectivity index (χ1v) is 5.96. The number of aliphatic carboxylic acids is 1. The zero-order chi connectivity index (χ0) is 12.3. The van der Waals surface area contributed by atoms with Crippen molar-refractivity contribution >= 4 is 11.9 Å². The third-order valence-electron chi connectivity index (χ3n) is 4.13. The lowest BCUT2D eigenvalue weighted by molar-refractivity contribution is -0.158. The van der Waals surface area contributed by atoms with Crippen LogP contribution >= 0.6 is 0 Å². The fraction of sp³-hybridized carbons (Fsp3) is 0.833. The van der Waals surface area contributed by atoms with E-state index in [1.165, 1.54) is 6.92 Å². The Morgan fingerprint density at radius 2 is 2.06 bits per heavy atom. The van der Waals surface area contributed by atoms with Crippen LogP contribution in [0.25, 0.3) is 0 Å². The fourth-order valence-corrected chi connectivity index (χ4v) is 2.67. The Bertz CT molecular complexity index is 274. The van der Waals surface area contributed by atoms with Gasteiger partial charge in [0.1, 0.15) is 5.41 Å². The number of carbonyl (C=O) groups is 2. The van der Waals surface area contributed by atoms with Gasteiger partial charge >= 0.3 is 5.97 Å². The first-order valence-electron chi connectivity index (χ1n) is 5.96. The molecule has 3 atom stereocenters. The van der Waals surface area contributed by atoms with Crippen molar-refractivity contribution in [1.29, 1.82) is 0 Å². The van der Waals surface area contributed by atoms with E-state index < -0.39 is 17.3 Å². The minimum absolute atomic E-state index is 0.110. The average molecular weight is 227 g/mol. The number of carboxylic acids is 1. The molecule has 1 aliphatic carbocycles. The van der Waals surface area contributed by atoms with Gasteiger partial charge in [-0.15, -0.1) is 0 Å². The van der Waals surface area contributed by atoms with Crippen molar-refractivity contribution < 1.29 is 14.7 Å². The van der Waals surface area contributed by atoms with Gasteiger partial charge in [0.25, 0.3) is 0 Å². The summed E-state index contributed by atoms with van der Waals surface area (Å²) in [7, 11) is 0. The summed E-state index contributed by atoms with van der Waals surface area (Å²) < 4.78 is 0. The van der Waals surface area contributed by atoms with Crippen LogP contribution in [0.2, 0.25) is 0 Å². The molecule has 0 spiro atoms. The van der Waals surface area contributed by atoms with Crippen molar-refractivity contribution in [2.24, 2.45) is 23.0 Å². The number of carboxylic acid groups (broad SMARTS) is 1. The Morgan fingerprint density at radius 3 is 2.50 bits per heavy atom. The van der Waals surface area contributed by atoms with Gasteiger partial charge in [0.15, 0.2) is 0 Å². The Hall–Kier alpha value is -1.06. The molecule has 0 aromatic rings. The molecule has 1 saturated carbocycles. The first-order chi connectivity index (χ1) is 7.42. The first kappa shape index (κ1) is 13.0. The molecule has 1 fully saturated rings. The largest absolute Gasteiger partial charge is 0.480 e. The lowest BCUT2D eigenvalue weighted by Crippen LogP contribution is -2.48. The molecule has 0 aromatic heterocycles. The highest BCUT2D eigenvalue weighted by atomic mass is 16.4. The van der Waals surface area contributed by atoms with Crippen LogP contribution in [0.4, 0.5) is 0 Å². The monoisotopic (exact) mass is 227 g/mol. The maximum Gasteiger partial charge on any atom is 0.319 e. The summed E-state index contributed by atoms with van der Waals surface area (Å²) in [6.07, 6.45) is 4.79. The molecule has 0 radical (unpaired) electrons. The average Bonchev–Trinajstić information content (AvgIpc) is 2.27. The predicted molar refractivity (Wildman–Crippen MR) is 60.7 cm³/mol. The van der Waals surface area contributed by atoms with E-state index in [4.69, 9.17) is 5.73 Å². The molecule has 0 heterocycles. The molecule has 0 saturated heterocycles. The molecule has 0 aromatic carbocycles. The molecule has 0 bridgehead atoms. The lowest BCUT2D eigenvalue weighted by atomic mass is 9.66. The van der Waals surface area contributed by atoms with Crippen LogP contribution in [0.5, 0.6) is 0 Å². The highest BCUT2D eigenvalue weighted by Gasteiger charge is 2.48. The summed E-state index contributed by atoms with van der Waals surface area (Å²) in [6, 6.07) is 0. The van der Waals surface area contributed by atoms with E-state index in [0.29, 0.717) is 5.92 Å². The molecular weight excluding hydrogens is 206 g/mol. The molecule has 1 amide bonds. The van der Waals surface area contributed by atoms with Crippen molar-refractivity contribution in [1.82, 2.24) is 0 Å². The summed E-state index contributed by atoms with van der Waals surface area (Å²) in [5.41, 5.74) is 3.87. The molecule has 4 nitrogen and oxygen atoms in total. The van der Waals surface area contributed by atoms with Crippen molar-refractivity contribution in [3.63, 3.8) is 0 Å². The van der Waals surface area contributed by atoms with Gasteiger partial charge < -0.3 is 10.8 Å². The smallest absolute Gasteiger partial charge is 0.319 e. The van der Waals surface area contributed by atoms with Crippen LogP contribution in [0.3, 0.4) is 0 Å². The van der Waals surface area contributed by atoms with E-state index in [1.807, 2.05) is 0 Å². The molecule has 3 unspecified atom stereocenters. The van der Waals surface area contributed by atoms with Gasteiger partial charge in [0.05, 0.1) is 0 Å². The maximum absolute atomic E-state index is 11.4. The normalized spacial score (nSPS) is 29.4. The fourth-order valence-electron chi connectivity index (χ4n) is 2.67. The topological polar surface area (TPSA) is 80.4 Å². The van der Waals surface area contributed by atoms with Crippen LogP contribution in [0.1, 0.15) is 46.0 Å². The molecule has 0 aliphatic heterocycles. The predicted octanol–water partition coefficient (Wildman–Crippen LogP) is 1.78. The Balaban J connectivity index is 2.87. The van der Waals surface area contributed by atoms with E-state index in [-0.39, 0.29) is 5.92 Å². The molecule has 4 heteroatoms. The second-order valence-corrected chi connectivity index (χ2v) is 5.01. The highest BCUT2D eigenvalue weighted by molar-refractivity contribution is 6.01. The van der Waals surface area contributed by atoms with E-state index in [2.05, 4.69) is 6.92 Å². The molecule has 1 rings (SSSR count). The number of hydrogen-bond donors (Lipinski definition) is 2. The van der Waals surface area contributed by atoms with Crippen LogP contribution in [0, 0.1) is 17.3 Å². The SMILES string of the molecule is CCC1CCCC(C(C)(C(N)=O)C(=O)O)C1. The lowest BCUT2D eigenvalue weighted by Gasteiger charge is -2.37. The number of carbonyl (C=O) groups excluding carboxylic acids is 1. The Morgan fingerprint density at radius 1 is 1.44 bits per heavy atom. The molecular formula is C12H21NO3.